The second-order valence-corrected chi connectivity index (χ2v) is 6.99. The van der Waals surface area contributed by atoms with E-state index in [4.69, 9.17) is 0 Å². The van der Waals surface area contributed by atoms with Crippen molar-refractivity contribution >= 4 is 10.8 Å². The highest BCUT2D eigenvalue weighted by Crippen LogP contribution is 2.44. The van der Waals surface area contributed by atoms with Crippen molar-refractivity contribution in [1.82, 2.24) is 0 Å². The molecule has 2 aliphatic rings. The Morgan fingerprint density at radius 3 is 2.04 bits per heavy atom. The molecule has 0 saturated carbocycles. The second-order valence-electron chi connectivity index (χ2n) is 6.99. The van der Waals surface area contributed by atoms with Crippen LogP contribution in [0.5, 0.6) is 0 Å². The van der Waals surface area contributed by atoms with Gasteiger partial charge in [-0.1, -0.05) is 66.7 Å². The Hall–Kier alpha value is -2.86. The average Bonchev–Trinajstić information content (AvgIpc) is 3.18. The molecule has 0 fully saturated rings. The topological polar surface area (TPSA) is 0 Å². The van der Waals surface area contributed by atoms with E-state index in [1.807, 2.05) is 0 Å². The number of hydrogen-bond acceptors (Lipinski definition) is 0. The lowest BCUT2D eigenvalue weighted by atomic mass is 9.94. The average molecular weight is 304 g/mol. The normalized spacial score (nSPS) is 13.5. The largest absolute Gasteiger partial charge is 0.0619 e. The molecule has 0 unspecified atom stereocenters. The predicted molar refractivity (Wildman–Crippen MR) is 100 cm³/mol. The van der Waals surface area contributed by atoms with Crippen molar-refractivity contribution in [3.8, 4) is 22.3 Å². The van der Waals surface area contributed by atoms with Crippen LogP contribution in [0.4, 0.5) is 0 Å². The van der Waals surface area contributed by atoms with E-state index in [2.05, 4.69) is 72.8 Å². The monoisotopic (exact) mass is 304 g/mol. The third-order valence-corrected chi connectivity index (χ3v) is 5.72. The molecule has 0 radical (unpaired) electrons. The first-order chi connectivity index (χ1) is 11.9. The van der Waals surface area contributed by atoms with Gasteiger partial charge in [-0.3, -0.25) is 0 Å². The van der Waals surface area contributed by atoms with Crippen molar-refractivity contribution in [1.29, 1.82) is 0 Å². The van der Waals surface area contributed by atoms with Crippen LogP contribution in [-0.2, 0) is 12.8 Å². The van der Waals surface area contributed by atoms with E-state index in [1.165, 1.54) is 55.3 Å². The van der Waals surface area contributed by atoms with Gasteiger partial charge < -0.3 is 0 Å². The molecule has 0 nitrogen and oxygen atoms in total. The summed E-state index contributed by atoms with van der Waals surface area (Å²) in [4.78, 5) is 0. The van der Waals surface area contributed by atoms with Gasteiger partial charge in [0.2, 0.25) is 0 Å². The van der Waals surface area contributed by atoms with Gasteiger partial charge in [-0.25, -0.2) is 0 Å². The lowest BCUT2D eigenvalue weighted by Crippen LogP contribution is -1.87. The van der Waals surface area contributed by atoms with Crippen LogP contribution in [0, 0.1) is 0 Å². The number of benzene rings is 4. The Morgan fingerprint density at radius 2 is 1.21 bits per heavy atom. The van der Waals surface area contributed by atoms with E-state index in [-0.39, 0.29) is 0 Å². The first kappa shape index (κ1) is 12.5. The molecule has 6 rings (SSSR count). The maximum Gasteiger partial charge on any atom is -0.000728 e. The van der Waals surface area contributed by atoms with Crippen molar-refractivity contribution in [3.63, 3.8) is 0 Å². The van der Waals surface area contributed by atoms with Gasteiger partial charge in [0.1, 0.15) is 0 Å². The van der Waals surface area contributed by atoms with E-state index in [9.17, 15) is 0 Å². The molecule has 112 valence electrons. The summed E-state index contributed by atoms with van der Waals surface area (Å²) >= 11 is 0. The standard InChI is InChI=1S/C24H16/c1-4-8-20-15(5-1)11-18-12-17-9-10-21-19-7-3-2-6-16(19)13-24(21)22(17)14-23(18)20/h1-10,12,14H,11,13H2. The zero-order chi connectivity index (χ0) is 15.7. The Balaban J connectivity index is 1.66. The van der Waals surface area contributed by atoms with E-state index in [1.54, 1.807) is 0 Å². The summed E-state index contributed by atoms with van der Waals surface area (Å²) in [7, 11) is 0. The minimum absolute atomic E-state index is 1.06. The molecule has 0 atom stereocenters. The molecule has 0 bridgehead atoms. The lowest BCUT2D eigenvalue weighted by Gasteiger charge is -2.09. The molecule has 0 heteroatoms. The summed E-state index contributed by atoms with van der Waals surface area (Å²) in [5.41, 5.74) is 11.6. The molecular formula is C24H16. The van der Waals surface area contributed by atoms with Gasteiger partial charge >= 0.3 is 0 Å². The Kier molecular flexibility index (Phi) is 2.28. The van der Waals surface area contributed by atoms with Crippen LogP contribution in [0.1, 0.15) is 22.3 Å². The van der Waals surface area contributed by atoms with Crippen LogP contribution in [0.25, 0.3) is 33.0 Å². The molecule has 0 heterocycles. The quantitative estimate of drug-likeness (QED) is 0.324. The van der Waals surface area contributed by atoms with Crippen molar-refractivity contribution in [2.75, 3.05) is 0 Å². The highest BCUT2D eigenvalue weighted by atomic mass is 14.3. The van der Waals surface area contributed by atoms with Crippen molar-refractivity contribution in [3.05, 3.63) is 95.1 Å². The van der Waals surface area contributed by atoms with Crippen LogP contribution in [0.15, 0.2) is 72.8 Å². The molecule has 0 saturated heterocycles. The number of hydrogen-bond donors (Lipinski definition) is 0. The summed E-state index contributed by atoms with van der Waals surface area (Å²) in [6.45, 7) is 0. The lowest BCUT2D eigenvalue weighted by molar-refractivity contribution is 1.26. The number of fused-ring (bicyclic) bond motifs is 8. The van der Waals surface area contributed by atoms with E-state index >= 15 is 0 Å². The summed E-state index contributed by atoms with van der Waals surface area (Å²) in [6, 6.07) is 27.2. The van der Waals surface area contributed by atoms with E-state index in [0.717, 1.165) is 12.8 Å². The Labute approximate surface area is 141 Å². The van der Waals surface area contributed by atoms with Crippen LogP contribution in [0.3, 0.4) is 0 Å². The fourth-order valence-electron chi connectivity index (χ4n) is 4.59. The van der Waals surface area contributed by atoms with Crippen LogP contribution >= 0.6 is 0 Å². The van der Waals surface area contributed by atoms with Gasteiger partial charge in [-0.15, -0.1) is 0 Å². The molecule has 0 spiro atoms. The molecule has 0 amide bonds. The minimum Gasteiger partial charge on any atom is -0.0619 e. The fraction of sp³-hybridized carbons (Fsp3) is 0.0833. The molecular weight excluding hydrogens is 288 g/mol. The zero-order valence-corrected chi connectivity index (χ0v) is 13.3. The first-order valence-electron chi connectivity index (χ1n) is 8.63. The van der Waals surface area contributed by atoms with Gasteiger partial charge in [0.05, 0.1) is 0 Å². The maximum absolute atomic E-state index is 2.45. The second kappa shape index (κ2) is 4.36. The summed E-state index contributed by atoms with van der Waals surface area (Å²) in [6.07, 6.45) is 2.13. The fourth-order valence-corrected chi connectivity index (χ4v) is 4.59. The van der Waals surface area contributed by atoms with Crippen molar-refractivity contribution in [2.45, 2.75) is 12.8 Å². The van der Waals surface area contributed by atoms with Gasteiger partial charge in [-0.05, 0) is 74.2 Å². The molecule has 0 aromatic heterocycles. The summed E-state index contributed by atoms with van der Waals surface area (Å²) < 4.78 is 0. The molecule has 24 heavy (non-hydrogen) atoms. The Morgan fingerprint density at radius 1 is 0.500 bits per heavy atom. The molecule has 4 aromatic carbocycles. The minimum atomic E-state index is 1.06. The van der Waals surface area contributed by atoms with Gasteiger partial charge in [0, 0.05) is 0 Å². The highest BCUT2D eigenvalue weighted by Gasteiger charge is 2.23. The van der Waals surface area contributed by atoms with E-state index in [0.29, 0.717) is 0 Å². The van der Waals surface area contributed by atoms with Crippen molar-refractivity contribution in [2.24, 2.45) is 0 Å². The zero-order valence-electron chi connectivity index (χ0n) is 13.3. The maximum atomic E-state index is 2.45. The van der Waals surface area contributed by atoms with Gasteiger partial charge in [0.25, 0.3) is 0 Å². The molecule has 2 aliphatic carbocycles. The van der Waals surface area contributed by atoms with Crippen molar-refractivity contribution < 1.29 is 0 Å². The molecule has 0 N–H and O–H groups in total. The molecule has 0 aliphatic heterocycles. The Bertz CT molecular complexity index is 1150. The summed E-state index contributed by atoms with van der Waals surface area (Å²) in [5.74, 6) is 0. The van der Waals surface area contributed by atoms with Crippen LogP contribution < -0.4 is 0 Å². The van der Waals surface area contributed by atoms with Crippen LogP contribution in [-0.4, -0.2) is 0 Å². The van der Waals surface area contributed by atoms with E-state index < -0.39 is 0 Å². The smallest absolute Gasteiger partial charge is 0.000728 e. The SMILES string of the molecule is c1ccc2c(c1)Cc1cc3ccc4c(c3cc1-2)Cc1ccccc1-4. The highest BCUT2D eigenvalue weighted by molar-refractivity contribution is 5.99. The third-order valence-electron chi connectivity index (χ3n) is 5.72. The van der Waals surface area contributed by atoms with Gasteiger partial charge in [0.15, 0.2) is 0 Å². The number of rotatable bonds is 0. The van der Waals surface area contributed by atoms with Gasteiger partial charge in [-0.2, -0.15) is 0 Å². The molecule has 4 aromatic rings. The predicted octanol–water partition coefficient (Wildman–Crippen LogP) is 5.98. The first-order valence-corrected chi connectivity index (χ1v) is 8.63. The summed E-state index contributed by atoms with van der Waals surface area (Å²) in [5, 5.41) is 2.81. The third kappa shape index (κ3) is 1.53. The van der Waals surface area contributed by atoms with Crippen LogP contribution in [0.2, 0.25) is 0 Å².